The number of carbonyl (C=O) groups is 1. The summed E-state index contributed by atoms with van der Waals surface area (Å²) in [6.07, 6.45) is 0.907. The van der Waals surface area contributed by atoms with E-state index in [2.05, 4.69) is 4.90 Å². The van der Waals surface area contributed by atoms with E-state index >= 15 is 0 Å². The van der Waals surface area contributed by atoms with Gasteiger partial charge in [-0.2, -0.15) is 0 Å². The van der Waals surface area contributed by atoms with E-state index in [4.69, 9.17) is 32.7 Å². The maximum Gasteiger partial charge on any atom is 0.260 e. The molecule has 27 heavy (non-hydrogen) atoms. The molecule has 1 amide bonds. The van der Waals surface area contributed by atoms with Crippen molar-refractivity contribution >= 4 is 34.8 Å². The highest BCUT2D eigenvalue weighted by atomic mass is 35.5. The van der Waals surface area contributed by atoms with Crippen LogP contribution in [0.4, 0.5) is 5.69 Å². The molecule has 0 N–H and O–H groups in total. The Balaban J connectivity index is 1.53. The predicted molar refractivity (Wildman–Crippen MR) is 108 cm³/mol. The summed E-state index contributed by atoms with van der Waals surface area (Å²) < 4.78 is 10.8. The van der Waals surface area contributed by atoms with Crippen LogP contribution in [0.1, 0.15) is 6.42 Å². The van der Waals surface area contributed by atoms with E-state index in [1.54, 1.807) is 25.3 Å². The molecule has 0 aliphatic carbocycles. The van der Waals surface area contributed by atoms with Gasteiger partial charge in [-0.15, -0.1) is 0 Å². The molecule has 0 radical (unpaired) electrons. The quantitative estimate of drug-likeness (QED) is 0.745. The third-order valence-corrected chi connectivity index (χ3v) is 5.28. The Morgan fingerprint density at radius 3 is 2.41 bits per heavy atom. The van der Waals surface area contributed by atoms with Crippen molar-refractivity contribution in [3.05, 3.63) is 52.5 Å². The smallest absolute Gasteiger partial charge is 0.260 e. The molecule has 1 aliphatic rings. The van der Waals surface area contributed by atoms with Crippen LogP contribution in [-0.4, -0.2) is 50.7 Å². The Labute approximate surface area is 169 Å². The zero-order valence-corrected chi connectivity index (χ0v) is 16.7. The topological polar surface area (TPSA) is 42.0 Å². The Kier molecular flexibility index (Phi) is 6.69. The summed E-state index contributed by atoms with van der Waals surface area (Å²) in [5, 5.41) is 0.869. The molecule has 0 saturated carbocycles. The minimum absolute atomic E-state index is 0.0134. The van der Waals surface area contributed by atoms with Crippen molar-refractivity contribution in [1.29, 1.82) is 0 Å². The van der Waals surface area contributed by atoms with Crippen LogP contribution in [0.25, 0.3) is 0 Å². The highest BCUT2D eigenvalue weighted by molar-refractivity contribution is 6.42. The van der Waals surface area contributed by atoms with Gasteiger partial charge < -0.3 is 19.3 Å². The van der Waals surface area contributed by atoms with Gasteiger partial charge in [0, 0.05) is 37.9 Å². The summed E-state index contributed by atoms with van der Waals surface area (Å²) >= 11 is 11.9. The second-order valence-corrected chi connectivity index (χ2v) is 7.10. The number of amides is 1. The van der Waals surface area contributed by atoms with Crippen molar-refractivity contribution in [1.82, 2.24) is 4.90 Å². The van der Waals surface area contributed by atoms with E-state index in [0.29, 0.717) is 22.3 Å². The Morgan fingerprint density at radius 1 is 0.963 bits per heavy atom. The third kappa shape index (κ3) is 5.21. The number of hydrogen-bond acceptors (Lipinski definition) is 4. The SMILES string of the molecule is COc1ccc(N2CCCN(C(=O)COc3ccc(Cl)c(Cl)c3)CC2)cc1. The fourth-order valence-electron chi connectivity index (χ4n) is 3.02. The van der Waals surface area contributed by atoms with Gasteiger partial charge in [-0.1, -0.05) is 23.2 Å². The van der Waals surface area contributed by atoms with Gasteiger partial charge in [0.25, 0.3) is 5.91 Å². The number of rotatable bonds is 5. The maximum atomic E-state index is 12.5. The second kappa shape index (κ2) is 9.20. The molecule has 1 saturated heterocycles. The highest BCUT2D eigenvalue weighted by Gasteiger charge is 2.20. The van der Waals surface area contributed by atoms with Crippen molar-refractivity contribution in [3.8, 4) is 11.5 Å². The number of anilines is 1. The number of nitrogens with zero attached hydrogens (tertiary/aromatic N) is 2. The molecule has 5 nitrogen and oxygen atoms in total. The first-order valence-corrected chi connectivity index (χ1v) is 9.57. The van der Waals surface area contributed by atoms with Gasteiger partial charge in [0.2, 0.25) is 0 Å². The summed E-state index contributed by atoms with van der Waals surface area (Å²) in [7, 11) is 1.66. The summed E-state index contributed by atoms with van der Waals surface area (Å²) in [5.74, 6) is 1.34. The molecule has 7 heteroatoms. The van der Waals surface area contributed by atoms with Crippen molar-refractivity contribution in [2.45, 2.75) is 6.42 Å². The first-order chi connectivity index (χ1) is 13.1. The lowest BCUT2D eigenvalue weighted by molar-refractivity contribution is -0.133. The first-order valence-electron chi connectivity index (χ1n) is 8.81. The molecular weight excluding hydrogens is 387 g/mol. The maximum absolute atomic E-state index is 12.5. The number of carbonyl (C=O) groups excluding carboxylic acids is 1. The molecule has 0 spiro atoms. The number of ether oxygens (including phenoxy) is 2. The third-order valence-electron chi connectivity index (χ3n) is 4.54. The van der Waals surface area contributed by atoms with E-state index in [1.165, 1.54) is 0 Å². The van der Waals surface area contributed by atoms with Crippen LogP contribution in [-0.2, 0) is 4.79 Å². The van der Waals surface area contributed by atoms with Crippen molar-refractivity contribution < 1.29 is 14.3 Å². The Morgan fingerprint density at radius 2 is 1.70 bits per heavy atom. The molecule has 144 valence electrons. The molecule has 2 aromatic carbocycles. The lowest BCUT2D eigenvalue weighted by Crippen LogP contribution is -2.38. The summed E-state index contributed by atoms with van der Waals surface area (Å²) in [5.41, 5.74) is 1.14. The average molecular weight is 409 g/mol. The van der Waals surface area contributed by atoms with Crippen LogP contribution in [0, 0.1) is 0 Å². The molecule has 0 bridgehead atoms. The largest absolute Gasteiger partial charge is 0.497 e. The number of methoxy groups -OCH3 is 1. The molecular formula is C20H22Cl2N2O3. The second-order valence-electron chi connectivity index (χ2n) is 6.28. The Bertz CT molecular complexity index is 783. The van der Waals surface area contributed by atoms with Gasteiger partial charge in [-0.3, -0.25) is 4.79 Å². The predicted octanol–water partition coefficient (Wildman–Crippen LogP) is 4.12. The van der Waals surface area contributed by atoms with Crippen molar-refractivity contribution in [2.24, 2.45) is 0 Å². The fraction of sp³-hybridized carbons (Fsp3) is 0.350. The molecule has 2 aromatic rings. The lowest BCUT2D eigenvalue weighted by atomic mass is 10.2. The van der Waals surface area contributed by atoms with Crippen LogP contribution in [0.3, 0.4) is 0 Å². The summed E-state index contributed by atoms with van der Waals surface area (Å²) in [6, 6.07) is 13.0. The van der Waals surface area contributed by atoms with E-state index in [0.717, 1.165) is 37.5 Å². The monoisotopic (exact) mass is 408 g/mol. The van der Waals surface area contributed by atoms with Crippen molar-refractivity contribution in [2.75, 3.05) is 44.8 Å². The van der Waals surface area contributed by atoms with Crippen LogP contribution in [0.15, 0.2) is 42.5 Å². The van der Waals surface area contributed by atoms with E-state index in [-0.39, 0.29) is 12.5 Å². The molecule has 0 atom stereocenters. The summed E-state index contributed by atoms with van der Waals surface area (Å²) in [4.78, 5) is 16.6. The fourth-order valence-corrected chi connectivity index (χ4v) is 3.31. The van der Waals surface area contributed by atoms with Crippen LogP contribution in [0.2, 0.25) is 10.0 Å². The van der Waals surface area contributed by atoms with Gasteiger partial charge in [0.15, 0.2) is 6.61 Å². The van der Waals surface area contributed by atoms with Crippen LogP contribution >= 0.6 is 23.2 Å². The number of halogens is 2. The van der Waals surface area contributed by atoms with E-state index < -0.39 is 0 Å². The van der Waals surface area contributed by atoms with Gasteiger partial charge in [0.05, 0.1) is 17.2 Å². The molecule has 0 unspecified atom stereocenters. The summed E-state index contributed by atoms with van der Waals surface area (Å²) in [6.45, 7) is 3.06. The van der Waals surface area contributed by atoms with Crippen LogP contribution in [0.5, 0.6) is 11.5 Å². The van der Waals surface area contributed by atoms with Gasteiger partial charge in [-0.05, 0) is 42.8 Å². The number of hydrogen-bond donors (Lipinski definition) is 0. The van der Waals surface area contributed by atoms with E-state index in [1.807, 2.05) is 29.2 Å². The Hall–Kier alpha value is -2.11. The minimum Gasteiger partial charge on any atom is -0.497 e. The minimum atomic E-state index is -0.0300. The molecule has 1 fully saturated rings. The standard InChI is InChI=1S/C20H22Cl2N2O3/c1-26-16-5-3-15(4-6-16)23-9-2-10-24(12-11-23)20(25)14-27-17-7-8-18(21)19(22)13-17/h3-8,13H,2,9-12,14H2,1H3. The van der Waals surface area contributed by atoms with Gasteiger partial charge in [0.1, 0.15) is 11.5 Å². The molecule has 1 aliphatic heterocycles. The van der Waals surface area contributed by atoms with Gasteiger partial charge in [-0.25, -0.2) is 0 Å². The van der Waals surface area contributed by atoms with Gasteiger partial charge >= 0.3 is 0 Å². The normalized spacial score (nSPS) is 14.6. The molecule has 1 heterocycles. The molecule has 0 aromatic heterocycles. The lowest BCUT2D eigenvalue weighted by Gasteiger charge is -2.24. The molecule has 3 rings (SSSR count). The zero-order valence-electron chi connectivity index (χ0n) is 15.2. The van der Waals surface area contributed by atoms with Crippen LogP contribution < -0.4 is 14.4 Å². The van der Waals surface area contributed by atoms with E-state index in [9.17, 15) is 4.79 Å². The highest BCUT2D eigenvalue weighted by Crippen LogP contribution is 2.26. The van der Waals surface area contributed by atoms with Crippen molar-refractivity contribution in [3.63, 3.8) is 0 Å². The number of benzene rings is 2. The average Bonchev–Trinajstić information content (AvgIpc) is 2.95. The first kappa shape index (κ1) is 19.6. The zero-order chi connectivity index (χ0) is 19.2.